The fraction of sp³-hybridized carbons (Fsp3) is 0.533. The fourth-order valence-corrected chi connectivity index (χ4v) is 2.10. The van der Waals surface area contributed by atoms with Gasteiger partial charge in [0, 0.05) is 6.92 Å². The second-order valence-corrected chi connectivity index (χ2v) is 5.02. The van der Waals surface area contributed by atoms with Crippen LogP contribution in [-0.4, -0.2) is 25.3 Å². The largest absolute Gasteiger partial charge is 0.490 e. The Kier molecular flexibility index (Phi) is 3.80. The van der Waals surface area contributed by atoms with E-state index < -0.39 is 0 Å². The Morgan fingerprint density at radius 1 is 1.11 bits per heavy atom. The van der Waals surface area contributed by atoms with E-state index in [1.54, 1.807) is 0 Å². The lowest BCUT2D eigenvalue weighted by Gasteiger charge is -2.19. The molecule has 1 atom stereocenters. The van der Waals surface area contributed by atoms with E-state index in [4.69, 9.17) is 14.2 Å². The van der Waals surface area contributed by atoms with Gasteiger partial charge in [-0.15, -0.1) is 0 Å². The van der Waals surface area contributed by atoms with Crippen molar-refractivity contribution < 1.29 is 19.0 Å². The highest BCUT2D eigenvalue weighted by molar-refractivity contribution is 5.72. The lowest BCUT2D eigenvalue weighted by atomic mass is 9.98. The number of hydrogen-bond donors (Lipinski definition) is 0. The van der Waals surface area contributed by atoms with Crippen molar-refractivity contribution in [1.29, 1.82) is 0 Å². The van der Waals surface area contributed by atoms with E-state index in [9.17, 15) is 4.79 Å². The van der Waals surface area contributed by atoms with Gasteiger partial charge < -0.3 is 14.2 Å². The highest BCUT2D eigenvalue weighted by Gasteiger charge is 2.25. The van der Waals surface area contributed by atoms with Gasteiger partial charge in [0.25, 0.3) is 0 Å². The van der Waals surface area contributed by atoms with Crippen LogP contribution in [0.15, 0.2) is 0 Å². The molecule has 4 heteroatoms. The molecule has 1 aromatic carbocycles. The van der Waals surface area contributed by atoms with Crippen LogP contribution in [0.4, 0.5) is 0 Å². The molecule has 1 saturated heterocycles. The topological polar surface area (TPSA) is 48.1 Å². The van der Waals surface area contributed by atoms with Crippen LogP contribution in [0.1, 0.15) is 29.2 Å². The van der Waals surface area contributed by atoms with Crippen molar-refractivity contribution in [3.8, 4) is 11.5 Å². The predicted molar refractivity (Wildman–Crippen MR) is 71.9 cm³/mol. The third-order valence-corrected chi connectivity index (χ3v) is 3.55. The molecular weight excluding hydrogens is 244 g/mol. The molecule has 0 bridgehead atoms. The van der Waals surface area contributed by atoms with Gasteiger partial charge >= 0.3 is 5.97 Å². The van der Waals surface area contributed by atoms with E-state index in [2.05, 4.69) is 0 Å². The second-order valence-electron chi connectivity index (χ2n) is 5.02. The van der Waals surface area contributed by atoms with Gasteiger partial charge in [0.15, 0.2) is 0 Å². The van der Waals surface area contributed by atoms with Crippen LogP contribution in [0.2, 0.25) is 0 Å². The minimum atomic E-state index is -0.301. The smallest absolute Gasteiger partial charge is 0.308 e. The van der Waals surface area contributed by atoms with Crippen LogP contribution in [0, 0.1) is 27.7 Å². The molecule has 0 saturated carbocycles. The summed E-state index contributed by atoms with van der Waals surface area (Å²) in [4.78, 5) is 11.2. The maximum Gasteiger partial charge on any atom is 0.308 e. The molecule has 2 rings (SSSR count). The van der Waals surface area contributed by atoms with Crippen molar-refractivity contribution in [2.75, 3.05) is 13.2 Å². The molecular formula is C15H20O4. The van der Waals surface area contributed by atoms with Gasteiger partial charge in [-0.3, -0.25) is 4.79 Å². The summed E-state index contributed by atoms with van der Waals surface area (Å²) in [6.07, 6.45) is 0.229. The molecule has 19 heavy (non-hydrogen) atoms. The Labute approximate surface area is 113 Å². The summed E-state index contributed by atoms with van der Waals surface area (Å²) in [5, 5.41) is 0. The average Bonchev–Trinajstić information content (AvgIpc) is 3.16. The summed E-state index contributed by atoms with van der Waals surface area (Å²) in [6.45, 7) is 10.6. The molecule has 0 N–H and O–H groups in total. The quantitative estimate of drug-likeness (QED) is 0.476. The molecule has 1 heterocycles. The van der Waals surface area contributed by atoms with Crippen LogP contribution in [0.5, 0.6) is 11.5 Å². The molecule has 104 valence electrons. The molecule has 0 unspecified atom stereocenters. The highest BCUT2D eigenvalue weighted by Crippen LogP contribution is 2.37. The standard InChI is InChI=1S/C15H20O4/c1-8-10(3)15(19-12(5)16)11(4)9(2)14(8)18-7-13-6-17-13/h13H,6-7H2,1-5H3/t13-/m0/s1. The first-order chi connectivity index (χ1) is 8.91. The predicted octanol–water partition coefficient (Wildman–Crippen LogP) is 2.62. The van der Waals surface area contributed by atoms with Crippen LogP contribution in [0.25, 0.3) is 0 Å². The summed E-state index contributed by atoms with van der Waals surface area (Å²) in [5.74, 6) is 1.23. The number of esters is 1. The number of carbonyl (C=O) groups is 1. The third-order valence-electron chi connectivity index (χ3n) is 3.55. The fourth-order valence-electron chi connectivity index (χ4n) is 2.10. The maximum atomic E-state index is 11.2. The molecule has 4 nitrogen and oxygen atoms in total. The number of rotatable bonds is 4. The molecule has 0 aromatic heterocycles. The molecule has 0 radical (unpaired) electrons. The number of epoxide rings is 1. The number of benzene rings is 1. The zero-order chi connectivity index (χ0) is 14.2. The molecule has 0 amide bonds. The van der Waals surface area contributed by atoms with E-state index in [0.29, 0.717) is 12.4 Å². The Morgan fingerprint density at radius 3 is 2.00 bits per heavy atom. The average molecular weight is 264 g/mol. The normalized spacial score (nSPS) is 17.2. The summed E-state index contributed by atoms with van der Waals surface area (Å²) in [5.41, 5.74) is 3.93. The van der Waals surface area contributed by atoms with Gasteiger partial charge in [-0.1, -0.05) is 0 Å². The van der Waals surface area contributed by atoms with Crippen molar-refractivity contribution in [2.24, 2.45) is 0 Å². The first-order valence-corrected chi connectivity index (χ1v) is 6.45. The molecule has 1 aromatic rings. The zero-order valence-electron chi connectivity index (χ0n) is 12.1. The Bertz CT molecular complexity index is 486. The third kappa shape index (κ3) is 2.89. The lowest BCUT2D eigenvalue weighted by molar-refractivity contribution is -0.131. The van der Waals surface area contributed by atoms with Crippen LogP contribution >= 0.6 is 0 Å². The van der Waals surface area contributed by atoms with Crippen molar-refractivity contribution in [3.05, 3.63) is 22.3 Å². The molecule has 1 fully saturated rings. The number of hydrogen-bond acceptors (Lipinski definition) is 4. The van der Waals surface area contributed by atoms with Crippen molar-refractivity contribution >= 4 is 5.97 Å². The summed E-state index contributed by atoms with van der Waals surface area (Å²) < 4.78 is 16.3. The molecule has 1 aliphatic heterocycles. The molecule has 0 aliphatic carbocycles. The van der Waals surface area contributed by atoms with Crippen LogP contribution in [-0.2, 0) is 9.53 Å². The Balaban J connectivity index is 2.36. The van der Waals surface area contributed by atoms with Crippen molar-refractivity contribution in [3.63, 3.8) is 0 Å². The zero-order valence-corrected chi connectivity index (χ0v) is 12.1. The maximum absolute atomic E-state index is 11.2. The summed E-state index contributed by atoms with van der Waals surface area (Å²) >= 11 is 0. The van der Waals surface area contributed by atoms with E-state index in [1.807, 2.05) is 27.7 Å². The Morgan fingerprint density at radius 2 is 1.58 bits per heavy atom. The van der Waals surface area contributed by atoms with E-state index in [-0.39, 0.29) is 12.1 Å². The monoisotopic (exact) mass is 264 g/mol. The van der Waals surface area contributed by atoms with Crippen LogP contribution in [0.3, 0.4) is 0 Å². The van der Waals surface area contributed by atoms with Crippen LogP contribution < -0.4 is 9.47 Å². The second kappa shape index (κ2) is 5.21. The van der Waals surface area contributed by atoms with Gasteiger partial charge in [-0.05, 0) is 49.9 Å². The first kappa shape index (κ1) is 13.9. The van der Waals surface area contributed by atoms with Crippen molar-refractivity contribution in [1.82, 2.24) is 0 Å². The lowest BCUT2D eigenvalue weighted by Crippen LogP contribution is -2.11. The minimum absolute atomic E-state index is 0.229. The number of carbonyl (C=O) groups excluding carboxylic acids is 1. The van der Waals surface area contributed by atoms with Crippen molar-refractivity contribution in [2.45, 2.75) is 40.7 Å². The summed E-state index contributed by atoms with van der Waals surface area (Å²) in [7, 11) is 0. The Hall–Kier alpha value is -1.55. The van der Waals surface area contributed by atoms with E-state index in [1.165, 1.54) is 6.92 Å². The van der Waals surface area contributed by atoms with E-state index >= 15 is 0 Å². The minimum Gasteiger partial charge on any atom is -0.490 e. The SMILES string of the molecule is CC(=O)Oc1c(C)c(C)c(OC[C@@H]2CO2)c(C)c1C. The van der Waals surface area contributed by atoms with Gasteiger partial charge in [-0.25, -0.2) is 0 Å². The van der Waals surface area contributed by atoms with Gasteiger partial charge in [0.2, 0.25) is 0 Å². The van der Waals surface area contributed by atoms with Gasteiger partial charge in [0.05, 0.1) is 6.61 Å². The number of ether oxygens (including phenoxy) is 3. The molecule has 1 aliphatic rings. The highest BCUT2D eigenvalue weighted by atomic mass is 16.6. The summed E-state index contributed by atoms with van der Waals surface area (Å²) in [6, 6.07) is 0. The molecule has 0 spiro atoms. The van der Waals surface area contributed by atoms with Gasteiger partial charge in [-0.2, -0.15) is 0 Å². The van der Waals surface area contributed by atoms with E-state index in [0.717, 1.165) is 34.6 Å². The van der Waals surface area contributed by atoms with Gasteiger partial charge in [0.1, 0.15) is 24.2 Å². The first-order valence-electron chi connectivity index (χ1n) is 6.45.